The molecule has 3 heteroatoms. The third-order valence-corrected chi connectivity index (χ3v) is 1.83. The molecule has 0 aliphatic rings. The van der Waals surface area contributed by atoms with Crippen LogP contribution in [0.3, 0.4) is 0 Å². The summed E-state index contributed by atoms with van der Waals surface area (Å²) in [4.78, 5) is 10.5. The Hall–Kier alpha value is 0.250. The van der Waals surface area contributed by atoms with E-state index in [0.29, 0.717) is 12.3 Å². The first kappa shape index (κ1) is 9.25. The lowest BCUT2D eigenvalue weighted by Crippen LogP contribution is -2.09. The maximum atomic E-state index is 10.5. The Labute approximate surface area is 65.3 Å². The Balaban J connectivity index is 3.27. The van der Waals surface area contributed by atoms with E-state index in [0.717, 1.165) is 6.42 Å². The summed E-state index contributed by atoms with van der Waals surface area (Å²) in [5.74, 6) is 0.609. The highest BCUT2D eigenvalue weighted by molar-refractivity contribution is 6.30. The van der Waals surface area contributed by atoms with E-state index < -0.39 is 0 Å². The van der Waals surface area contributed by atoms with E-state index in [1.54, 1.807) is 0 Å². The van der Waals surface area contributed by atoms with Crippen LogP contribution in [-0.4, -0.2) is 17.0 Å². The van der Waals surface area contributed by atoms with Crippen molar-refractivity contribution >= 4 is 29.0 Å². The van der Waals surface area contributed by atoms with Gasteiger partial charge in [0.05, 0.1) is 5.38 Å². The summed E-state index contributed by atoms with van der Waals surface area (Å²) in [7, 11) is 0. The molecule has 0 N–H and O–H groups in total. The third kappa shape index (κ3) is 4.73. The minimum Gasteiger partial charge on any atom is -0.298 e. The van der Waals surface area contributed by atoms with Crippen molar-refractivity contribution in [2.45, 2.75) is 25.1 Å². The van der Waals surface area contributed by atoms with Gasteiger partial charge in [0.1, 0.15) is 5.78 Å². The average Bonchev–Trinajstić information content (AvgIpc) is 1.82. The van der Waals surface area contributed by atoms with Crippen LogP contribution < -0.4 is 0 Å². The molecular weight excluding hydrogens is 159 g/mol. The second-order valence-corrected chi connectivity index (χ2v) is 2.81. The zero-order valence-electron chi connectivity index (χ0n) is 5.36. The molecule has 0 spiro atoms. The van der Waals surface area contributed by atoms with Crippen molar-refractivity contribution in [1.29, 1.82) is 0 Å². The van der Waals surface area contributed by atoms with Crippen molar-refractivity contribution < 1.29 is 4.79 Å². The zero-order valence-corrected chi connectivity index (χ0v) is 6.87. The molecule has 0 saturated heterocycles. The van der Waals surface area contributed by atoms with Crippen molar-refractivity contribution in [2.75, 3.05) is 5.88 Å². The Morgan fingerprint density at radius 3 is 2.56 bits per heavy atom. The number of ketones is 1. The highest BCUT2D eigenvalue weighted by Gasteiger charge is 2.07. The number of rotatable bonds is 4. The topological polar surface area (TPSA) is 17.1 Å². The molecule has 0 aromatic rings. The minimum absolute atomic E-state index is 0.0294. The summed E-state index contributed by atoms with van der Waals surface area (Å²) in [6.07, 6.45) is 1.51. The van der Waals surface area contributed by atoms with Crippen molar-refractivity contribution in [2.24, 2.45) is 0 Å². The molecule has 0 radical (unpaired) electrons. The molecule has 0 aliphatic heterocycles. The van der Waals surface area contributed by atoms with E-state index in [1.165, 1.54) is 6.92 Å². The molecule has 0 rings (SSSR count). The number of hydrogen-bond acceptors (Lipinski definition) is 1. The van der Waals surface area contributed by atoms with Gasteiger partial charge in [-0.3, -0.25) is 4.79 Å². The van der Waals surface area contributed by atoms with Gasteiger partial charge in [-0.15, -0.1) is 23.2 Å². The number of alkyl halides is 2. The largest absolute Gasteiger partial charge is 0.298 e. The van der Waals surface area contributed by atoms with E-state index in [1.807, 2.05) is 0 Å². The summed E-state index contributed by atoms with van der Waals surface area (Å²) >= 11 is 11.0. The van der Waals surface area contributed by atoms with Gasteiger partial charge in [0.25, 0.3) is 0 Å². The first-order valence-electron chi connectivity index (χ1n) is 2.89. The standard InChI is InChI=1S/C6H10Cl2O/c1-5(9)6(8)3-2-4-7/h6H,2-4H2,1H3. The monoisotopic (exact) mass is 168 g/mol. The molecular formula is C6H10Cl2O. The predicted molar refractivity (Wildman–Crippen MR) is 40.3 cm³/mol. The van der Waals surface area contributed by atoms with E-state index in [9.17, 15) is 4.79 Å². The Bertz CT molecular complexity index is 93.1. The van der Waals surface area contributed by atoms with Crippen LogP contribution in [0.25, 0.3) is 0 Å². The quantitative estimate of drug-likeness (QED) is 0.589. The normalized spacial score (nSPS) is 13.2. The molecule has 0 amide bonds. The Kier molecular flexibility index (Phi) is 5.21. The molecule has 0 aromatic heterocycles. The van der Waals surface area contributed by atoms with Gasteiger partial charge >= 0.3 is 0 Å². The van der Waals surface area contributed by atoms with Crippen LogP contribution >= 0.6 is 23.2 Å². The van der Waals surface area contributed by atoms with Crippen LogP contribution in [0.15, 0.2) is 0 Å². The van der Waals surface area contributed by atoms with Crippen LogP contribution in [-0.2, 0) is 4.79 Å². The molecule has 54 valence electrons. The lowest BCUT2D eigenvalue weighted by Gasteiger charge is -2.00. The van der Waals surface area contributed by atoms with E-state index in [4.69, 9.17) is 23.2 Å². The molecule has 0 aliphatic carbocycles. The lowest BCUT2D eigenvalue weighted by molar-refractivity contribution is -0.116. The van der Waals surface area contributed by atoms with Crippen molar-refractivity contribution in [1.82, 2.24) is 0 Å². The molecule has 0 aromatic carbocycles. The molecule has 9 heavy (non-hydrogen) atoms. The van der Waals surface area contributed by atoms with Gasteiger partial charge in [0.2, 0.25) is 0 Å². The van der Waals surface area contributed by atoms with Crippen LogP contribution in [0.5, 0.6) is 0 Å². The van der Waals surface area contributed by atoms with Gasteiger partial charge in [0, 0.05) is 5.88 Å². The minimum atomic E-state index is -0.330. The third-order valence-electron chi connectivity index (χ3n) is 1.03. The second kappa shape index (κ2) is 5.07. The summed E-state index contributed by atoms with van der Waals surface area (Å²) < 4.78 is 0. The molecule has 0 fully saturated rings. The smallest absolute Gasteiger partial charge is 0.147 e. The maximum Gasteiger partial charge on any atom is 0.147 e. The fraction of sp³-hybridized carbons (Fsp3) is 0.833. The zero-order chi connectivity index (χ0) is 7.28. The molecule has 0 heterocycles. The Morgan fingerprint density at radius 1 is 1.67 bits per heavy atom. The number of hydrogen-bond donors (Lipinski definition) is 0. The average molecular weight is 169 g/mol. The van der Waals surface area contributed by atoms with Gasteiger partial charge in [-0.1, -0.05) is 0 Å². The van der Waals surface area contributed by atoms with Crippen LogP contribution in [0.2, 0.25) is 0 Å². The highest BCUT2D eigenvalue weighted by Crippen LogP contribution is 2.06. The fourth-order valence-electron chi connectivity index (χ4n) is 0.460. The van der Waals surface area contributed by atoms with Gasteiger partial charge in [-0.25, -0.2) is 0 Å². The number of halogens is 2. The van der Waals surface area contributed by atoms with Crippen molar-refractivity contribution in [3.05, 3.63) is 0 Å². The van der Waals surface area contributed by atoms with E-state index >= 15 is 0 Å². The van der Waals surface area contributed by atoms with Gasteiger partial charge in [0.15, 0.2) is 0 Å². The fourth-order valence-corrected chi connectivity index (χ4v) is 0.768. The van der Waals surface area contributed by atoms with Crippen molar-refractivity contribution in [3.8, 4) is 0 Å². The molecule has 1 atom stereocenters. The number of Topliss-reactive ketones (excluding diaryl/α,β-unsaturated/α-hetero) is 1. The first-order valence-corrected chi connectivity index (χ1v) is 3.86. The number of carbonyl (C=O) groups is 1. The summed E-state index contributed by atoms with van der Waals surface area (Å²) in [5, 5.41) is -0.330. The lowest BCUT2D eigenvalue weighted by atomic mass is 10.2. The van der Waals surface area contributed by atoms with Crippen molar-refractivity contribution in [3.63, 3.8) is 0 Å². The van der Waals surface area contributed by atoms with E-state index in [2.05, 4.69) is 0 Å². The molecule has 0 bridgehead atoms. The van der Waals surface area contributed by atoms with Crippen LogP contribution in [0.1, 0.15) is 19.8 Å². The molecule has 0 saturated carbocycles. The first-order chi connectivity index (χ1) is 4.18. The predicted octanol–water partition coefficient (Wildman–Crippen LogP) is 2.20. The maximum absolute atomic E-state index is 10.5. The van der Waals surface area contributed by atoms with Crippen LogP contribution in [0.4, 0.5) is 0 Å². The van der Waals surface area contributed by atoms with E-state index in [-0.39, 0.29) is 11.2 Å². The Morgan fingerprint density at radius 2 is 2.22 bits per heavy atom. The molecule has 1 unspecified atom stereocenters. The van der Waals surface area contributed by atoms with Gasteiger partial charge in [-0.05, 0) is 19.8 Å². The highest BCUT2D eigenvalue weighted by atomic mass is 35.5. The second-order valence-electron chi connectivity index (χ2n) is 1.91. The summed E-state index contributed by atoms with van der Waals surface area (Å²) in [6.45, 7) is 1.49. The van der Waals surface area contributed by atoms with Gasteiger partial charge < -0.3 is 0 Å². The SMILES string of the molecule is CC(=O)C(Cl)CCCCl. The van der Waals surface area contributed by atoms with Crippen LogP contribution in [0, 0.1) is 0 Å². The summed E-state index contributed by atoms with van der Waals surface area (Å²) in [6, 6.07) is 0. The summed E-state index contributed by atoms with van der Waals surface area (Å²) in [5.41, 5.74) is 0. The number of carbonyl (C=O) groups excluding carboxylic acids is 1. The van der Waals surface area contributed by atoms with Gasteiger partial charge in [-0.2, -0.15) is 0 Å². The molecule has 1 nitrogen and oxygen atoms in total.